The summed E-state index contributed by atoms with van der Waals surface area (Å²) in [6, 6.07) is 0. The first-order valence-corrected chi connectivity index (χ1v) is 6.70. The largest absolute Gasteiger partial charge is 0.393 e. The van der Waals surface area contributed by atoms with Gasteiger partial charge in [0.25, 0.3) is 5.56 Å². The van der Waals surface area contributed by atoms with E-state index < -0.39 is 36.1 Å². The maximum atomic E-state index is 14.5. The Labute approximate surface area is 128 Å². The van der Waals surface area contributed by atoms with Crippen LogP contribution in [-0.2, 0) is 4.74 Å². The van der Waals surface area contributed by atoms with Gasteiger partial charge in [-0.05, 0) is 6.72 Å². The number of alkyl halides is 1. The number of anilines is 1. The van der Waals surface area contributed by atoms with Gasteiger partial charge < -0.3 is 20.7 Å². The van der Waals surface area contributed by atoms with E-state index in [0.717, 1.165) is 4.52 Å². The maximum absolute atomic E-state index is 14.5. The number of nitrogen functional groups attached to an aromatic ring is 1. The lowest BCUT2D eigenvalue weighted by molar-refractivity contribution is -0.106. The van der Waals surface area contributed by atoms with E-state index in [-0.39, 0.29) is 23.8 Å². The Kier molecular flexibility index (Phi) is 3.62. The molecule has 1 fully saturated rings. The third-order valence-electron chi connectivity index (χ3n) is 3.85. The summed E-state index contributed by atoms with van der Waals surface area (Å²) in [4.78, 5) is 21.5. The lowest BCUT2D eigenvalue weighted by Crippen LogP contribution is -2.48. The molecule has 124 valence electrons. The molecule has 1 aliphatic rings. The molecule has 0 unspecified atom stereocenters. The highest BCUT2D eigenvalue weighted by Crippen LogP contribution is 2.41. The first-order valence-electron chi connectivity index (χ1n) is 6.70. The number of nitrogens with one attached hydrogen (secondary N) is 1. The number of hydrogen-bond acceptors (Lipinski definition) is 8. The molecule has 0 aliphatic carbocycles. The molecule has 1 aliphatic heterocycles. The van der Waals surface area contributed by atoms with Gasteiger partial charge in [0.1, 0.15) is 17.8 Å². The maximum Gasteiger partial charge on any atom is 0.295 e. The predicted octanol–water partition coefficient (Wildman–Crippen LogP) is -1.80. The van der Waals surface area contributed by atoms with E-state index in [9.17, 15) is 19.4 Å². The lowest BCUT2D eigenvalue weighted by Gasteiger charge is -2.27. The summed E-state index contributed by atoms with van der Waals surface area (Å²) in [5, 5.41) is 23.5. The zero-order valence-electron chi connectivity index (χ0n) is 11.9. The third-order valence-corrected chi connectivity index (χ3v) is 3.85. The van der Waals surface area contributed by atoms with Crippen molar-refractivity contribution in [3.05, 3.63) is 22.2 Å². The van der Waals surface area contributed by atoms with Gasteiger partial charge in [-0.1, -0.05) is 0 Å². The molecular weight excluding hydrogens is 311 g/mol. The highest BCUT2D eigenvalue weighted by atomic mass is 19.1. The minimum Gasteiger partial charge on any atom is -0.393 e. The molecule has 2 aromatic heterocycles. The van der Waals surface area contributed by atoms with Gasteiger partial charge in [-0.2, -0.15) is 0 Å². The van der Waals surface area contributed by atoms with Gasteiger partial charge in [0.2, 0.25) is 11.6 Å². The number of nitrogens with two attached hydrogens (primary N) is 1. The van der Waals surface area contributed by atoms with E-state index in [0.29, 0.717) is 0 Å². The van der Waals surface area contributed by atoms with Gasteiger partial charge in [0.05, 0.1) is 25.0 Å². The molecule has 10 nitrogen and oxygen atoms in total. The molecule has 3 rings (SSSR count). The number of aliphatic hydroxyl groups excluding tert-OH is 2. The Balaban J connectivity index is 2.09. The molecule has 0 bridgehead atoms. The summed E-state index contributed by atoms with van der Waals surface area (Å²) in [6.45, 7) is 2.42. The second kappa shape index (κ2) is 5.37. The van der Waals surface area contributed by atoms with Gasteiger partial charge in [-0.15, -0.1) is 5.10 Å². The molecule has 23 heavy (non-hydrogen) atoms. The number of rotatable bonds is 4. The SMILES string of the molecule is C=NC[C@]1(CO)O[C@@H](c2cnc3c(=O)[nH]c(N)nn23)[C@H](F)[C@@H]1O. The molecule has 1 saturated heterocycles. The van der Waals surface area contributed by atoms with Crippen molar-refractivity contribution in [1.82, 2.24) is 19.6 Å². The van der Waals surface area contributed by atoms with Crippen LogP contribution in [0.2, 0.25) is 0 Å². The molecule has 0 spiro atoms. The van der Waals surface area contributed by atoms with Crippen molar-refractivity contribution in [2.45, 2.75) is 24.0 Å². The van der Waals surface area contributed by atoms with Crippen LogP contribution in [0.15, 0.2) is 16.0 Å². The van der Waals surface area contributed by atoms with Crippen LogP contribution >= 0.6 is 0 Å². The number of imidazole rings is 1. The van der Waals surface area contributed by atoms with Crippen molar-refractivity contribution in [3.8, 4) is 0 Å². The number of halogens is 1. The van der Waals surface area contributed by atoms with Crippen molar-refractivity contribution in [2.75, 3.05) is 18.9 Å². The summed E-state index contributed by atoms with van der Waals surface area (Å²) >= 11 is 0. The van der Waals surface area contributed by atoms with Crippen molar-refractivity contribution < 1.29 is 19.3 Å². The normalized spacial score (nSPS) is 30.8. The van der Waals surface area contributed by atoms with E-state index >= 15 is 0 Å². The molecule has 0 saturated carbocycles. The Morgan fingerprint density at radius 3 is 3.04 bits per heavy atom. The van der Waals surface area contributed by atoms with Crippen LogP contribution in [0.1, 0.15) is 11.8 Å². The fourth-order valence-corrected chi connectivity index (χ4v) is 2.69. The molecule has 3 heterocycles. The number of ether oxygens (including phenoxy) is 1. The zero-order valence-corrected chi connectivity index (χ0v) is 11.9. The van der Waals surface area contributed by atoms with Crippen LogP contribution < -0.4 is 11.3 Å². The predicted molar refractivity (Wildman–Crippen MR) is 77.0 cm³/mol. The van der Waals surface area contributed by atoms with Crippen molar-refractivity contribution in [3.63, 3.8) is 0 Å². The lowest BCUT2D eigenvalue weighted by atomic mass is 9.95. The topological polar surface area (TPSA) is 151 Å². The number of nitrogens with zero attached hydrogens (tertiary/aromatic N) is 4. The summed E-state index contributed by atoms with van der Waals surface area (Å²) in [7, 11) is 0. The van der Waals surface area contributed by atoms with Gasteiger partial charge in [0, 0.05) is 0 Å². The number of hydrogen-bond donors (Lipinski definition) is 4. The molecule has 2 aromatic rings. The van der Waals surface area contributed by atoms with E-state index in [1.165, 1.54) is 6.20 Å². The number of fused-ring (bicyclic) bond motifs is 1. The Bertz CT molecular complexity index is 806. The summed E-state index contributed by atoms with van der Waals surface area (Å²) < 4.78 is 21.1. The smallest absolute Gasteiger partial charge is 0.295 e. The number of aliphatic imine (C=N–C) groups is 1. The van der Waals surface area contributed by atoms with Crippen LogP contribution in [0.5, 0.6) is 0 Å². The highest BCUT2D eigenvalue weighted by Gasteiger charge is 2.56. The number of aromatic nitrogens is 4. The third kappa shape index (κ3) is 2.20. The van der Waals surface area contributed by atoms with Gasteiger partial charge >= 0.3 is 0 Å². The zero-order chi connectivity index (χ0) is 16.8. The molecular formula is C12H15FN6O4. The molecule has 5 N–H and O–H groups in total. The molecule has 0 radical (unpaired) electrons. The summed E-state index contributed by atoms with van der Waals surface area (Å²) in [5.74, 6) is -0.183. The van der Waals surface area contributed by atoms with Crippen molar-refractivity contribution in [1.29, 1.82) is 0 Å². The van der Waals surface area contributed by atoms with Crippen LogP contribution in [0.4, 0.5) is 10.3 Å². The quantitative estimate of drug-likeness (QED) is 0.484. The van der Waals surface area contributed by atoms with Crippen LogP contribution in [0, 0.1) is 0 Å². The second-order valence-electron chi connectivity index (χ2n) is 5.29. The van der Waals surface area contributed by atoms with Crippen molar-refractivity contribution >= 4 is 18.3 Å². The molecule has 0 aromatic carbocycles. The fourth-order valence-electron chi connectivity index (χ4n) is 2.69. The summed E-state index contributed by atoms with van der Waals surface area (Å²) in [5.41, 5.74) is 3.25. The molecule has 11 heteroatoms. The van der Waals surface area contributed by atoms with E-state index in [1.54, 1.807) is 0 Å². The molecule has 0 amide bonds. The van der Waals surface area contributed by atoms with E-state index in [4.69, 9.17) is 10.5 Å². The average molecular weight is 326 g/mol. The van der Waals surface area contributed by atoms with E-state index in [1.807, 2.05) is 0 Å². The molecule has 4 atom stereocenters. The number of aliphatic hydroxyl groups is 2. The Morgan fingerprint density at radius 2 is 2.39 bits per heavy atom. The fraction of sp³-hybridized carbons (Fsp3) is 0.500. The summed E-state index contributed by atoms with van der Waals surface area (Å²) in [6.07, 6.45) is -3.61. The standard InChI is InChI=1S/C12H15FN6O4/c1-15-3-12(4-20)8(21)6(13)7(23-12)5-2-16-9-10(22)17-11(14)18-19(5)9/h2,6-8,20-21H,1,3-4H2,(H3,14,17,18,22)/t6-,7-,8-,12+/m0/s1. The van der Waals surface area contributed by atoms with Gasteiger partial charge in [-0.25, -0.2) is 13.9 Å². The first kappa shape index (κ1) is 15.5. The number of aromatic amines is 1. The van der Waals surface area contributed by atoms with Crippen LogP contribution in [0.25, 0.3) is 5.65 Å². The highest BCUT2D eigenvalue weighted by molar-refractivity contribution is 5.39. The number of H-pyrrole nitrogens is 1. The minimum atomic E-state index is -1.88. The van der Waals surface area contributed by atoms with Crippen LogP contribution in [0.3, 0.4) is 0 Å². The second-order valence-corrected chi connectivity index (χ2v) is 5.29. The Hall–Kier alpha value is -2.37. The van der Waals surface area contributed by atoms with E-state index in [2.05, 4.69) is 26.8 Å². The van der Waals surface area contributed by atoms with Gasteiger partial charge in [0.15, 0.2) is 6.17 Å². The van der Waals surface area contributed by atoms with Gasteiger partial charge in [-0.3, -0.25) is 14.8 Å². The van der Waals surface area contributed by atoms with Crippen LogP contribution in [-0.4, -0.2) is 67.5 Å². The first-order chi connectivity index (χ1) is 10.9. The average Bonchev–Trinajstić information content (AvgIpc) is 3.03. The minimum absolute atomic E-state index is 0.0868. The monoisotopic (exact) mass is 326 g/mol. The van der Waals surface area contributed by atoms with Crippen molar-refractivity contribution in [2.24, 2.45) is 4.99 Å². The Morgan fingerprint density at radius 1 is 1.65 bits per heavy atom.